The third kappa shape index (κ3) is 3.17. The van der Waals surface area contributed by atoms with Crippen molar-refractivity contribution in [3.63, 3.8) is 0 Å². The molecule has 1 aromatic rings. The molecule has 0 spiro atoms. The zero-order valence-corrected chi connectivity index (χ0v) is 12.7. The lowest BCUT2D eigenvalue weighted by atomic mass is 9.90. The standard InChI is InChI=1S/C16H22N2O3/c1-11-6-5-9-18(14(11)16(20)21)15(19)12-7-4-8-13(10-12)17(2)3/h4,7-8,10-11,14H,5-6,9H2,1-3H3,(H,20,21). The van der Waals surface area contributed by atoms with Gasteiger partial charge in [0.15, 0.2) is 0 Å². The number of piperidine rings is 1. The smallest absolute Gasteiger partial charge is 0.326 e. The van der Waals surface area contributed by atoms with Gasteiger partial charge in [-0.1, -0.05) is 13.0 Å². The summed E-state index contributed by atoms with van der Waals surface area (Å²) in [6.07, 6.45) is 1.70. The molecular formula is C16H22N2O3. The molecule has 0 bridgehead atoms. The van der Waals surface area contributed by atoms with Gasteiger partial charge in [-0.25, -0.2) is 4.79 Å². The van der Waals surface area contributed by atoms with E-state index in [-0.39, 0.29) is 11.8 Å². The van der Waals surface area contributed by atoms with Gasteiger partial charge < -0.3 is 14.9 Å². The van der Waals surface area contributed by atoms with Crippen LogP contribution in [0.1, 0.15) is 30.1 Å². The first-order chi connectivity index (χ1) is 9.91. The molecule has 0 radical (unpaired) electrons. The maximum Gasteiger partial charge on any atom is 0.326 e. The van der Waals surface area contributed by atoms with Crippen LogP contribution in [-0.2, 0) is 4.79 Å². The first-order valence-electron chi connectivity index (χ1n) is 7.23. The van der Waals surface area contributed by atoms with Crippen molar-refractivity contribution in [1.82, 2.24) is 4.90 Å². The van der Waals surface area contributed by atoms with Crippen LogP contribution < -0.4 is 4.90 Å². The Morgan fingerprint density at radius 3 is 2.67 bits per heavy atom. The monoisotopic (exact) mass is 290 g/mol. The van der Waals surface area contributed by atoms with Gasteiger partial charge in [0.05, 0.1) is 0 Å². The molecule has 1 amide bonds. The minimum atomic E-state index is -0.917. The van der Waals surface area contributed by atoms with Crippen LogP contribution >= 0.6 is 0 Å². The van der Waals surface area contributed by atoms with Crippen LogP contribution in [0.2, 0.25) is 0 Å². The molecule has 1 N–H and O–H groups in total. The number of carboxylic acid groups (broad SMARTS) is 1. The van der Waals surface area contributed by atoms with Gasteiger partial charge in [-0.2, -0.15) is 0 Å². The normalized spacial score (nSPS) is 22.0. The van der Waals surface area contributed by atoms with Crippen LogP contribution in [0, 0.1) is 5.92 Å². The largest absolute Gasteiger partial charge is 0.480 e. The number of likely N-dealkylation sites (tertiary alicyclic amines) is 1. The van der Waals surface area contributed by atoms with E-state index in [9.17, 15) is 14.7 Å². The number of anilines is 1. The van der Waals surface area contributed by atoms with Gasteiger partial charge in [0.1, 0.15) is 6.04 Å². The zero-order valence-electron chi connectivity index (χ0n) is 12.7. The van der Waals surface area contributed by atoms with E-state index in [1.165, 1.54) is 4.90 Å². The molecule has 0 aromatic heterocycles. The van der Waals surface area contributed by atoms with Crippen molar-refractivity contribution in [2.24, 2.45) is 5.92 Å². The van der Waals surface area contributed by atoms with Gasteiger partial charge in [0.25, 0.3) is 5.91 Å². The number of rotatable bonds is 3. The zero-order chi connectivity index (χ0) is 15.6. The van der Waals surface area contributed by atoms with Crippen LogP contribution in [0.3, 0.4) is 0 Å². The number of amides is 1. The minimum Gasteiger partial charge on any atom is -0.480 e. The summed E-state index contributed by atoms with van der Waals surface area (Å²) in [7, 11) is 3.82. The highest BCUT2D eigenvalue weighted by Crippen LogP contribution is 2.26. The van der Waals surface area contributed by atoms with Crippen molar-refractivity contribution in [2.75, 3.05) is 25.5 Å². The summed E-state index contributed by atoms with van der Waals surface area (Å²) in [6.45, 7) is 2.40. The Bertz CT molecular complexity index is 542. The van der Waals surface area contributed by atoms with Crippen molar-refractivity contribution in [3.8, 4) is 0 Å². The highest BCUT2D eigenvalue weighted by atomic mass is 16.4. The van der Waals surface area contributed by atoms with Crippen LogP contribution in [-0.4, -0.2) is 48.6 Å². The molecule has 1 saturated heterocycles. The fraction of sp³-hybridized carbons (Fsp3) is 0.500. The molecule has 1 aliphatic heterocycles. The molecular weight excluding hydrogens is 268 g/mol. The fourth-order valence-electron chi connectivity index (χ4n) is 2.88. The van der Waals surface area contributed by atoms with Crippen LogP contribution in [0.15, 0.2) is 24.3 Å². The molecule has 114 valence electrons. The van der Waals surface area contributed by atoms with Gasteiger partial charge in [-0.05, 0) is 37.0 Å². The average Bonchev–Trinajstić information content (AvgIpc) is 2.45. The maximum atomic E-state index is 12.7. The third-order valence-electron chi connectivity index (χ3n) is 4.06. The lowest BCUT2D eigenvalue weighted by molar-refractivity contribution is -0.145. The molecule has 1 aliphatic rings. The van der Waals surface area contributed by atoms with Crippen LogP contribution in [0.4, 0.5) is 5.69 Å². The van der Waals surface area contributed by atoms with E-state index in [0.717, 1.165) is 18.5 Å². The van der Waals surface area contributed by atoms with Gasteiger partial charge in [0.2, 0.25) is 0 Å². The molecule has 5 nitrogen and oxygen atoms in total. The van der Waals surface area contributed by atoms with E-state index in [2.05, 4.69) is 0 Å². The van der Waals surface area contributed by atoms with E-state index in [1.54, 1.807) is 12.1 Å². The quantitative estimate of drug-likeness (QED) is 0.926. The molecule has 2 atom stereocenters. The summed E-state index contributed by atoms with van der Waals surface area (Å²) in [4.78, 5) is 27.6. The highest BCUT2D eigenvalue weighted by molar-refractivity contribution is 5.97. The topological polar surface area (TPSA) is 60.9 Å². The molecule has 21 heavy (non-hydrogen) atoms. The molecule has 0 saturated carbocycles. The van der Waals surface area contributed by atoms with E-state index >= 15 is 0 Å². The van der Waals surface area contributed by atoms with Gasteiger partial charge >= 0.3 is 5.97 Å². The number of carbonyl (C=O) groups is 2. The molecule has 2 rings (SSSR count). The van der Waals surface area contributed by atoms with Crippen molar-refractivity contribution in [3.05, 3.63) is 29.8 Å². The Morgan fingerprint density at radius 1 is 1.33 bits per heavy atom. The van der Waals surface area contributed by atoms with Crippen molar-refractivity contribution >= 4 is 17.6 Å². The number of benzene rings is 1. The number of carbonyl (C=O) groups excluding carboxylic acids is 1. The Hall–Kier alpha value is -2.04. The number of nitrogens with zero attached hydrogens (tertiary/aromatic N) is 2. The minimum absolute atomic E-state index is 0.0165. The summed E-state index contributed by atoms with van der Waals surface area (Å²) in [5.41, 5.74) is 1.47. The second-order valence-corrected chi connectivity index (χ2v) is 5.85. The first kappa shape index (κ1) is 15.4. The van der Waals surface area contributed by atoms with E-state index in [4.69, 9.17) is 0 Å². The molecule has 1 aromatic carbocycles. The predicted molar refractivity (Wildman–Crippen MR) is 81.6 cm³/mol. The number of hydrogen-bond donors (Lipinski definition) is 1. The third-order valence-corrected chi connectivity index (χ3v) is 4.06. The molecule has 1 fully saturated rings. The lowest BCUT2D eigenvalue weighted by Gasteiger charge is -2.37. The first-order valence-corrected chi connectivity index (χ1v) is 7.23. The predicted octanol–water partition coefficient (Wildman–Crippen LogP) is 2.08. The number of carboxylic acids is 1. The van der Waals surface area contributed by atoms with Crippen LogP contribution in [0.25, 0.3) is 0 Å². The molecule has 2 unspecified atom stereocenters. The van der Waals surface area contributed by atoms with E-state index in [0.29, 0.717) is 12.1 Å². The molecule has 5 heteroatoms. The van der Waals surface area contributed by atoms with Crippen molar-refractivity contribution in [1.29, 1.82) is 0 Å². The summed E-state index contributed by atoms with van der Waals surface area (Å²) < 4.78 is 0. The number of aliphatic carboxylic acids is 1. The van der Waals surface area contributed by atoms with Gasteiger partial charge in [-0.3, -0.25) is 4.79 Å². The van der Waals surface area contributed by atoms with Crippen molar-refractivity contribution < 1.29 is 14.7 Å². The Morgan fingerprint density at radius 2 is 2.05 bits per heavy atom. The lowest BCUT2D eigenvalue weighted by Crippen LogP contribution is -2.51. The summed E-state index contributed by atoms with van der Waals surface area (Å²) in [5.74, 6) is -1.13. The Balaban J connectivity index is 2.29. The summed E-state index contributed by atoms with van der Waals surface area (Å²) in [6, 6.07) is 6.57. The fourth-order valence-corrected chi connectivity index (χ4v) is 2.88. The SMILES string of the molecule is CC1CCCN(C(=O)c2cccc(N(C)C)c2)C1C(=O)O. The summed E-state index contributed by atoms with van der Waals surface area (Å²) >= 11 is 0. The number of hydrogen-bond acceptors (Lipinski definition) is 3. The molecule has 0 aliphatic carbocycles. The second kappa shape index (κ2) is 6.16. The van der Waals surface area contributed by atoms with Crippen LogP contribution in [0.5, 0.6) is 0 Å². The Labute approximate surface area is 125 Å². The molecule has 1 heterocycles. The van der Waals surface area contributed by atoms with Gasteiger partial charge in [-0.15, -0.1) is 0 Å². The maximum absolute atomic E-state index is 12.7. The van der Waals surface area contributed by atoms with E-state index < -0.39 is 12.0 Å². The highest BCUT2D eigenvalue weighted by Gasteiger charge is 2.37. The average molecular weight is 290 g/mol. The van der Waals surface area contributed by atoms with Gasteiger partial charge in [0, 0.05) is 31.9 Å². The Kier molecular flexibility index (Phi) is 4.50. The summed E-state index contributed by atoms with van der Waals surface area (Å²) in [5, 5.41) is 9.42. The van der Waals surface area contributed by atoms with E-state index in [1.807, 2.05) is 38.1 Å². The second-order valence-electron chi connectivity index (χ2n) is 5.85. The van der Waals surface area contributed by atoms with Crippen molar-refractivity contribution in [2.45, 2.75) is 25.8 Å².